The van der Waals surface area contributed by atoms with Crippen LogP contribution in [0.25, 0.3) is 10.2 Å². The van der Waals surface area contributed by atoms with E-state index in [4.69, 9.17) is 9.47 Å². The lowest BCUT2D eigenvalue weighted by atomic mass is 10.2. The number of thiophene rings is 1. The van der Waals surface area contributed by atoms with Gasteiger partial charge in [0.2, 0.25) is 0 Å². The first-order chi connectivity index (χ1) is 14.2. The molecule has 0 aliphatic rings. The zero-order valence-electron chi connectivity index (χ0n) is 16.2. The predicted molar refractivity (Wildman–Crippen MR) is 114 cm³/mol. The summed E-state index contributed by atoms with van der Waals surface area (Å²) in [5, 5.41) is 5.00. The number of hydrogen-bond acceptors (Lipinski definition) is 5. The van der Waals surface area contributed by atoms with Gasteiger partial charge in [0, 0.05) is 18.8 Å². The van der Waals surface area contributed by atoms with E-state index in [9.17, 15) is 4.79 Å². The Balaban J connectivity index is 1.64. The molecule has 0 bridgehead atoms. The molecule has 0 aliphatic carbocycles. The summed E-state index contributed by atoms with van der Waals surface area (Å²) < 4.78 is 13.9. The summed E-state index contributed by atoms with van der Waals surface area (Å²) in [6.07, 6.45) is 1.72. The van der Waals surface area contributed by atoms with Gasteiger partial charge < -0.3 is 19.4 Å². The Labute approximate surface area is 172 Å². The van der Waals surface area contributed by atoms with Crippen molar-refractivity contribution in [3.8, 4) is 11.5 Å². The average molecular weight is 407 g/mol. The van der Waals surface area contributed by atoms with Crippen molar-refractivity contribution in [2.45, 2.75) is 13.1 Å². The third-order valence-corrected chi connectivity index (χ3v) is 5.52. The normalized spacial score (nSPS) is 10.8. The van der Waals surface area contributed by atoms with Crippen LogP contribution in [0.3, 0.4) is 0 Å². The maximum Gasteiger partial charge on any atom is 0.268 e. The minimum absolute atomic E-state index is 0.131. The molecule has 7 heteroatoms. The molecule has 0 unspecified atom stereocenters. The number of nitrogens with one attached hydrogen (secondary N) is 1. The zero-order valence-corrected chi connectivity index (χ0v) is 17.0. The Morgan fingerprint density at radius 2 is 1.90 bits per heavy atom. The van der Waals surface area contributed by atoms with Gasteiger partial charge in [0.25, 0.3) is 5.91 Å². The number of carbonyl (C=O) groups excluding carboxylic acids is 1. The third-order valence-electron chi connectivity index (χ3n) is 4.66. The first kappa shape index (κ1) is 19.0. The SMILES string of the molecule is COc1cc(Cn2c(C(=O)NCc3ccccn3)cc3sccc32)cc(OC)c1. The van der Waals surface area contributed by atoms with Crippen molar-refractivity contribution in [3.05, 3.63) is 77.1 Å². The lowest BCUT2D eigenvalue weighted by molar-refractivity contribution is 0.0942. The molecule has 4 rings (SSSR count). The van der Waals surface area contributed by atoms with Gasteiger partial charge >= 0.3 is 0 Å². The van der Waals surface area contributed by atoms with Crippen molar-refractivity contribution in [3.63, 3.8) is 0 Å². The summed E-state index contributed by atoms with van der Waals surface area (Å²) in [6.45, 7) is 0.908. The molecule has 3 heterocycles. The van der Waals surface area contributed by atoms with E-state index in [1.54, 1.807) is 31.8 Å². The molecule has 6 nitrogen and oxygen atoms in total. The highest BCUT2D eigenvalue weighted by Gasteiger charge is 2.17. The van der Waals surface area contributed by atoms with E-state index in [1.807, 2.05) is 58.5 Å². The van der Waals surface area contributed by atoms with Crippen molar-refractivity contribution in [1.82, 2.24) is 14.9 Å². The maximum absolute atomic E-state index is 12.9. The van der Waals surface area contributed by atoms with Crippen LogP contribution in [-0.2, 0) is 13.1 Å². The molecule has 3 aromatic heterocycles. The van der Waals surface area contributed by atoms with Gasteiger partial charge in [0.05, 0.1) is 36.7 Å². The smallest absolute Gasteiger partial charge is 0.268 e. The number of pyridine rings is 1. The molecule has 0 saturated heterocycles. The van der Waals surface area contributed by atoms with Crippen LogP contribution >= 0.6 is 11.3 Å². The zero-order chi connectivity index (χ0) is 20.2. The fraction of sp³-hybridized carbons (Fsp3) is 0.182. The molecule has 148 valence electrons. The number of amides is 1. The van der Waals surface area contributed by atoms with Gasteiger partial charge in [-0.3, -0.25) is 9.78 Å². The van der Waals surface area contributed by atoms with Crippen molar-refractivity contribution in [2.75, 3.05) is 14.2 Å². The summed E-state index contributed by atoms with van der Waals surface area (Å²) in [6, 6.07) is 15.4. The molecule has 0 atom stereocenters. The number of ether oxygens (including phenoxy) is 2. The van der Waals surface area contributed by atoms with Gasteiger partial charge in [-0.1, -0.05) is 6.07 Å². The Morgan fingerprint density at radius 3 is 2.59 bits per heavy atom. The van der Waals surface area contributed by atoms with Crippen LogP contribution in [0.5, 0.6) is 11.5 Å². The Hall–Kier alpha value is -3.32. The number of hydrogen-bond donors (Lipinski definition) is 1. The molecule has 0 fully saturated rings. The molecule has 1 amide bonds. The molecule has 0 spiro atoms. The summed E-state index contributed by atoms with van der Waals surface area (Å²) in [7, 11) is 3.25. The highest BCUT2D eigenvalue weighted by atomic mass is 32.1. The van der Waals surface area contributed by atoms with E-state index in [2.05, 4.69) is 10.3 Å². The molecule has 1 aromatic carbocycles. The molecule has 4 aromatic rings. The number of rotatable bonds is 7. The van der Waals surface area contributed by atoms with Crippen LogP contribution in [-0.4, -0.2) is 29.7 Å². The Bertz CT molecular complexity index is 1110. The van der Waals surface area contributed by atoms with Crippen LogP contribution in [0.2, 0.25) is 0 Å². The topological polar surface area (TPSA) is 65.4 Å². The number of nitrogens with zero attached hydrogens (tertiary/aromatic N) is 2. The first-order valence-electron chi connectivity index (χ1n) is 9.14. The fourth-order valence-corrected chi connectivity index (χ4v) is 4.06. The number of benzene rings is 1. The van der Waals surface area contributed by atoms with E-state index in [-0.39, 0.29) is 5.91 Å². The highest BCUT2D eigenvalue weighted by Crippen LogP contribution is 2.28. The van der Waals surface area contributed by atoms with E-state index in [1.165, 1.54) is 0 Å². The van der Waals surface area contributed by atoms with Crippen molar-refractivity contribution >= 4 is 27.5 Å². The lowest BCUT2D eigenvalue weighted by Gasteiger charge is -2.13. The molecule has 1 N–H and O–H groups in total. The second-order valence-corrected chi connectivity index (χ2v) is 7.46. The van der Waals surface area contributed by atoms with Gasteiger partial charge in [-0.2, -0.15) is 0 Å². The molecule has 0 radical (unpaired) electrons. The van der Waals surface area contributed by atoms with Gasteiger partial charge in [-0.25, -0.2) is 0 Å². The minimum atomic E-state index is -0.131. The van der Waals surface area contributed by atoms with Crippen LogP contribution < -0.4 is 14.8 Å². The van der Waals surface area contributed by atoms with E-state index in [0.29, 0.717) is 30.3 Å². The van der Waals surface area contributed by atoms with Crippen LogP contribution in [0.1, 0.15) is 21.7 Å². The van der Waals surface area contributed by atoms with Gasteiger partial charge in [0.15, 0.2) is 0 Å². The third kappa shape index (κ3) is 4.09. The summed E-state index contributed by atoms with van der Waals surface area (Å²) in [5.74, 6) is 1.30. The second-order valence-electron chi connectivity index (χ2n) is 6.51. The highest BCUT2D eigenvalue weighted by molar-refractivity contribution is 7.17. The van der Waals surface area contributed by atoms with Gasteiger partial charge in [-0.05, 0) is 47.3 Å². The van der Waals surface area contributed by atoms with Gasteiger partial charge in [0.1, 0.15) is 17.2 Å². The maximum atomic E-state index is 12.9. The summed E-state index contributed by atoms with van der Waals surface area (Å²) in [5.41, 5.74) is 3.45. The monoisotopic (exact) mass is 407 g/mol. The first-order valence-corrected chi connectivity index (χ1v) is 10.0. The average Bonchev–Trinajstić information content (AvgIpc) is 3.35. The molecule has 0 saturated carbocycles. The Kier molecular flexibility index (Phi) is 5.48. The van der Waals surface area contributed by atoms with E-state index in [0.717, 1.165) is 21.5 Å². The quantitative estimate of drug-likeness (QED) is 0.501. The van der Waals surface area contributed by atoms with E-state index >= 15 is 0 Å². The number of aromatic nitrogens is 2. The fourth-order valence-electron chi connectivity index (χ4n) is 3.24. The van der Waals surface area contributed by atoms with Crippen LogP contribution in [0.4, 0.5) is 0 Å². The second kappa shape index (κ2) is 8.36. The molecule has 0 aliphatic heterocycles. The van der Waals surface area contributed by atoms with E-state index < -0.39 is 0 Å². The predicted octanol–water partition coefficient (Wildman–Crippen LogP) is 4.09. The number of methoxy groups -OCH3 is 2. The standard InChI is InChI=1S/C22H21N3O3S/c1-27-17-9-15(10-18(11-17)28-2)14-25-19-6-8-29-21(19)12-20(25)22(26)24-13-16-5-3-4-7-23-16/h3-12H,13-14H2,1-2H3,(H,24,26). The minimum Gasteiger partial charge on any atom is -0.497 e. The van der Waals surface area contributed by atoms with Gasteiger partial charge in [-0.15, -0.1) is 11.3 Å². The summed E-state index contributed by atoms with van der Waals surface area (Å²) >= 11 is 1.62. The molecular weight excluding hydrogens is 386 g/mol. The van der Waals surface area contributed by atoms with Crippen LogP contribution in [0.15, 0.2) is 60.1 Å². The molecular formula is C22H21N3O3S. The number of fused-ring (bicyclic) bond motifs is 1. The van der Waals surface area contributed by atoms with Crippen molar-refractivity contribution < 1.29 is 14.3 Å². The Morgan fingerprint density at radius 1 is 1.10 bits per heavy atom. The van der Waals surface area contributed by atoms with Crippen molar-refractivity contribution in [2.24, 2.45) is 0 Å². The van der Waals surface area contributed by atoms with Crippen molar-refractivity contribution in [1.29, 1.82) is 0 Å². The lowest BCUT2D eigenvalue weighted by Crippen LogP contribution is -2.26. The molecule has 29 heavy (non-hydrogen) atoms. The van der Waals surface area contributed by atoms with Crippen LogP contribution in [0, 0.1) is 0 Å². The summed E-state index contributed by atoms with van der Waals surface area (Å²) in [4.78, 5) is 17.2. The largest absolute Gasteiger partial charge is 0.497 e. The number of carbonyl (C=O) groups is 1.